The van der Waals surface area contributed by atoms with E-state index in [0.29, 0.717) is 0 Å². The van der Waals surface area contributed by atoms with Crippen LogP contribution in [0.3, 0.4) is 0 Å². The molecule has 2 aromatic rings. The highest BCUT2D eigenvalue weighted by Crippen LogP contribution is 2.21. The summed E-state index contributed by atoms with van der Waals surface area (Å²) < 4.78 is 17.6. The fourth-order valence-electron chi connectivity index (χ4n) is 3.78. The Morgan fingerprint density at radius 2 is 2.12 bits per heavy atom. The number of nitrogens with one attached hydrogen (secondary N) is 1. The quantitative estimate of drug-likeness (QED) is 0.673. The molecule has 26 heavy (non-hydrogen) atoms. The fraction of sp³-hybridized carbons (Fsp3) is 0.550. The highest BCUT2D eigenvalue weighted by atomic mass is 16.5. The van der Waals surface area contributed by atoms with Crippen molar-refractivity contribution in [3.8, 4) is 0 Å². The second kappa shape index (κ2) is 8.10. The summed E-state index contributed by atoms with van der Waals surface area (Å²) in [5.74, 6) is 1.92. The third kappa shape index (κ3) is 3.86. The molecule has 6 nitrogen and oxygen atoms in total. The number of hydrogen-bond acceptors (Lipinski definition) is 4. The first-order valence-corrected chi connectivity index (χ1v) is 9.50. The normalized spacial score (nSPS) is 24.3. The van der Waals surface area contributed by atoms with E-state index in [9.17, 15) is 0 Å². The number of para-hydroxylation sites is 1. The van der Waals surface area contributed by atoms with Crippen LogP contribution >= 0.6 is 0 Å². The molecule has 0 amide bonds. The molecule has 2 fully saturated rings. The van der Waals surface area contributed by atoms with Crippen molar-refractivity contribution in [3.63, 3.8) is 0 Å². The van der Waals surface area contributed by atoms with Gasteiger partial charge in [0.1, 0.15) is 17.4 Å². The van der Waals surface area contributed by atoms with Crippen LogP contribution in [0.4, 0.5) is 0 Å². The van der Waals surface area contributed by atoms with E-state index in [1.54, 1.807) is 0 Å². The summed E-state index contributed by atoms with van der Waals surface area (Å²) in [7, 11) is 1.83. The Morgan fingerprint density at radius 1 is 1.23 bits per heavy atom. The van der Waals surface area contributed by atoms with Crippen molar-refractivity contribution < 1.29 is 13.9 Å². The molecule has 6 heteroatoms. The maximum absolute atomic E-state index is 5.93. The molecule has 140 valence electrons. The number of hydrogen-bond donors (Lipinski definition) is 1. The average molecular weight is 357 g/mol. The first-order chi connectivity index (χ1) is 12.8. The fourth-order valence-corrected chi connectivity index (χ4v) is 3.78. The van der Waals surface area contributed by atoms with Gasteiger partial charge in [-0.3, -0.25) is 4.99 Å². The molecule has 2 atom stereocenters. The van der Waals surface area contributed by atoms with E-state index >= 15 is 0 Å². The summed E-state index contributed by atoms with van der Waals surface area (Å²) in [6.07, 6.45) is 3.42. The molecule has 2 unspecified atom stereocenters. The highest BCUT2D eigenvalue weighted by Gasteiger charge is 2.32. The molecule has 0 saturated carbocycles. The molecule has 1 aromatic carbocycles. The van der Waals surface area contributed by atoms with Crippen molar-refractivity contribution in [1.82, 2.24) is 10.2 Å². The van der Waals surface area contributed by atoms with E-state index in [1.165, 1.54) is 0 Å². The Kier molecular flexibility index (Phi) is 5.41. The molecule has 1 N–H and O–H groups in total. The first kappa shape index (κ1) is 17.4. The first-order valence-electron chi connectivity index (χ1n) is 9.50. The minimum atomic E-state index is 0.139. The largest absolute Gasteiger partial charge is 0.461 e. The van der Waals surface area contributed by atoms with Crippen LogP contribution in [0.2, 0.25) is 0 Å². The molecule has 0 bridgehead atoms. The summed E-state index contributed by atoms with van der Waals surface area (Å²) >= 11 is 0. The standard InChI is InChI=1S/C20H27N3O3/c1-21-20(23-10-12-25-19(14-23)18-7-4-11-24-18)22-9-8-16-13-15-5-2-3-6-17(15)26-16/h2-3,5-6,13,18-19H,4,7-12,14H2,1H3,(H,21,22). The molecule has 3 heterocycles. The SMILES string of the molecule is CN=C(NCCc1cc2ccccc2o1)N1CCOC(C2CCCO2)C1. The maximum atomic E-state index is 5.93. The summed E-state index contributed by atoms with van der Waals surface area (Å²) in [6.45, 7) is 4.04. The molecule has 1 aromatic heterocycles. The number of morpholine rings is 1. The van der Waals surface area contributed by atoms with Gasteiger partial charge < -0.3 is 24.1 Å². The lowest BCUT2D eigenvalue weighted by atomic mass is 10.1. The van der Waals surface area contributed by atoms with Gasteiger partial charge >= 0.3 is 0 Å². The molecule has 2 aliphatic heterocycles. The molecule has 0 radical (unpaired) electrons. The lowest BCUT2D eigenvalue weighted by Gasteiger charge is -2.37. The number of ether oxygens (including phenoxy) is 2. The number of guanidine groups is 1. The Balaban J connectivity index is 1.31. The van der Waals surface area contributed by atoms with Gasteiger partial charge in [-0.25, -0.2) is 0 Å². The van der Waals surface area contributed by atoms with Crippen LogP contribution in [0.5, 0.6) is 0 Å². The summed E-state index contributed by atoms with van der Waals surface area (Å²) in [5, 5.41) is 4.61. The van der Waals surface area contributed by atoms with Crippen LogP contribution in [0.25, 0.3) is 11.0 Å². The zero-order valence-electron chi connectivity index (χ0n) is 15.3. The summed E-state index contributed by atoms with van der Waals surface area (Å²) in [6, 6.07) is 10.2. The summed E-state index contributed by atoms with van der Waals surface area (Å²) in [4.78, 5) is 6.72. The van der Waals surface area contributed by atoms with E-state index in [4.69, 9.17) is 13.9 Å². The van der Waals surface area contributed by atoms with E-state index in [-0.39, 0.29) is 12.2 Å². The number of nitrogens with zero attached hydrogens (tertiary/aromatic N) is 2. The molecule has 2 saturated heterocycles. The predicted molar refractivity (Wildman–Crippen MR) is 102 cm³/mol. The van der Waals surface area contributed by atoms with Crippen molar-refractivity contribution in [2.75, 3.05) is 39.9 Å². The van der Waals surface area contributed by atoms with Gasteiger partial charge in [-0.2, -0.15) is 0 Å². The lowest BCUT2D eigenvalue weighted by molar-refractivity contribution is -0.0816. The number of furan rings is 1. The lowest BCUT2D eigenvalue weighted by Crippen LogP contribution is -2.53. The molecule has 4 rings (SSSR count). The highest BCUT2D eigenvalue weighted by molar-refractivity contribution is 5.80. The maximum Gasteiger partial charge on any atom is 0.193 e. The zero-order valence-corrected chi connectivity index (χ0v) is 15.3. The van der Waals surface area contributed by atoms with Gasteiger partial charge in [0.25, 0.3) is 0 Å². The van der Waals surface area contributed by atoms with Crippen molar-refractivity contribution >= 4 is 16.9 Å². The van der Waals surface area contributed by atoms with Crippen LogP contribution in [0.1, 0.15) is 18.6 Å². The zero-order chi connectivity index (χ0) is 17.8. The van der Waals surface area contributed by atoms with Gasteiger partial charge in [0.2, 0.25) is 0 Å². The van der Waals surface area contributed by atoms with Gasteiger partial charge in [0.15, 0.2) is 5.96 Å². The third-order valence-corrected chi connectivity index (χ3v) is 5.12. The molecular formula is C20H27N3O3. The third-order valence-electron chi connectivity index (χ3n) is 5.12. The van der Waals surface area contributed by atoms with Crippen LogP contribution in [-0.2, 0) is 15.9 Å². The molecule has 2 aliphatic rings. The number of fused-ring (bicyclic) bond motifs is 1. The van der Waals surface area contributed by atoms with E-state index in [1.807, 2.05) is 25.2 Å². The smallest absolute Gasteiger partial charge is 0.193 e. The van der Waals surface area contributed by atoms with Crippen molar-refractivity contribution in [1.29, 1.82) is 0 Å². The predicted octanol–water partition coefficient (Wildman–Crippen LogP) is 2.43. The van der Waals surface area contributed by atoms with Crippen LogP contribution in [0, 0.1) is 0 Å². The Hall–Kier alpha value is -2.05. The number of benzene rings is 1. The van der Waals surface area contributed by atoms with Crippen molar-refractivity contribution in [2.45, 2.75) is 31.5 Å². The van der Waals surface area contributed by atoms with Gasteiger partial charge in [0.05, 0.1) is 12.7 Å². The molecule has 0 spiro atoms. The Bertz CT molecular complexity index is 719. The van der Waals surface area contributed by atoms with Gasteiger partial charge in [0, 0.05) is 45.1 Å². The Labute approximate surface area is 154 Å². The van der Waals surface area contributed by atoms with Crippen molar-refractivity contribution in [3.05, 3.63) is 36.1 Å². The van der Waals surface area contributed by atoms with Gasteiger partial charge in [-0.15, -0.1) is 0 Å². The topological polar surface area (TPSA) is 59.2 Å². The van der Waals surface area contributed by atoms with Crippen LogP contribution in [-0.4, -0.2) is 63.0 Å². The monoisotopic (exact) mass is 357 g/mol. The average Bonchev–Trinajstić information content (AvgIpc) is 3.34. The minimum absolute atomic E-state index is 0.139. The molecule has 0 aliphatic carbocycles. The van der Waals surface area contributed by atoms with Crippen molar-refractivity contribution in [2.24, 2.45) is 4.99 Å². The number of rotatable bonds is 4. The number of aliphatic imine (C=N–C) groups is 1. The summed E-state index contributed by atoms with van der Waals surface area (Å²) in [5.41, 5.74) is 0.944. The second-order valence-corrected chi connectivity index (χ2v) is 6.88. The minimum Gasteiger partial charge on any atom is -0.461 e. The van der Waals surface area contributed by atoms with E-state index in [2.05, 4.69) is 27.3 Å². The van der Waals surface area contributed by atoms with Crippen LogP contribution < -0.4 is 5.32 Å². The van der Waals surface area contributed by atoms with Gasteiger partial charge in [-0.05, 0) is 25.0 Å². The molecular weight excluding hydrogens is 330 g/mol. The second-order valence-electron chi connectivity index (χ2n) is 6.88. The van der Waals surface area contributed by atoms with E-state index in [0.717, 1.165) is 74.8 Å². The Morgan fingerprint density at radius 3 is 2.92 bits per heavy atom. The van der Waals surface area contributed by atoms with Gasteiger partial charge in [-0.1, -0.05) is 18.2 Å². The van der Waals surface area contributed by atoms with E-state index < -0.39 is 0 Å². The van der Waals surface area contributed by atoms with Crippen LogP contribution in [0.15, 0.2) is 39.7 Å².